The van der Waals surface area contributed by atoms with E-state index in [0.29, 0.717) is 11.5 Å². The number of nitrogens with one attached hydrogen (secondary N) is 1. The summed E-state index contributed by atoms with van der Waals surface area (Å²) in [5.74, 6) is 0.941. The van der Waals surface area contributed by atoms with Gasteiger partial charge in [-0.2, -0.15) is 0 Å². The molecule has 2 aliphatic rings. The first kappa shape index (κ1) is 13.4. The van der Waals surface area contributed by atoms with Gasteiger partial charge in [0.1, 0.15) is 0 Å². The fourth-order valence-corrected chi connectivity index (χ4v) is 3.95. The first-order valence-electron chi connectivity index (χ1n) is 7.46. The Morgan fingerprint density at radius 3 is 2.35 bits per heavy atom. The van der Waals surface area contributed by atoms with Crippen molar-refractivity contribution in [3.63, 3.8) is 0 Å². The minimum absolute atomic E-state index is 0.459. The summed E-state index contributed by atoms with van der Waals surface area (Å²) < 4.78 is 0. The quantitative estimate of drug-likeness (QED) is 0.796. The maximum Gasteiger partial charge on any atom is 0.0271 e. The van der Waals surface area contributed by atoms with E-state index in [1.54, 1.807) is 0 Å². The number of hydrogen-bond donors (Lipinski definition) is 1. The lowest BCUT2D eigenvalue weighted by Gasteiger charge is -2.49. The van der Waals surface area contributed by atoms with Gasteiger partial charge < -0.3 is 5.32 Å². The van der Waals surface area contributed by atoms with Crippen molar-refractivity contribution in [2.75, 3.05) is 20.1 Å². The lowest BCUT2D eigenvalue weighted by molar-refractivity contribution is 0.0334. The van der Waals surface area contributed by atoms with Gasteiger partial charge >= 0.3 is 0 Å². The third kappa shape index (κ3) is 2.85. The number of likely N-dealkylation sites (N-methyl/N-ethyl adjacent to an activating group) is 1. The number of likely N-dealkylation sites (tertiary alicyclic amines) is 1. The Bertz CT molecular complexity index is 241. The highest BCUT2D eigenvalue weighted by molar-refractivity contribution is 4.98. The van der Waals surface area contributed by atoms with Gasteiger partial charge in [-0.05, 0) is 57.2 Å². The summed E-state index contributed by atoms with van der Waals surface area (Å²) >= 11 is 0. The van der Waals surface area contributed by atoms with E-state index in [1.165, 1.54) is 45.2 Å². The van der Waals surface area contributed by atoms with Crippen molar-refractivity contribution in [3.05, 3.63) is 0 Å². The summed E-state index contributed by atoms with van der Waals surface area (Å²) in [5, 5.41) is 3.61. The Morgan fingerprint density at radius 1 is 1.12 bits per heavy atom. The van der Waals surface area contributed by atoms with E-state index in [9.17, 15) is 0 Å². The standard InChI is InChI=1S/C15H30N2/c1-12-7-10-17(11-8-12)13-6-5-9-15(2,3)14(13)16-4/h12-14,16H,5-11H2,1-4H3. The van der Waals surface area contributed by atoms with Crippen molar-refractivity contribution in [1.82, 2.24) is 10.2 Å². The predicted octanol–water partition coefficient (Wildman–Crippen LogP) is 2.89. The van der Waals surface area contributed by atoms with Gasteiger partial charge in [-0.3, -0.25) is 4.90 Å². The molecule has 1 aliphatic carbocycles. The molecule has 1 saturated carbocycles. The summed E-state index contributed by atoms with van der Waals surface area (Å²) in [5.41, 5.74) is 0.459. The minimum atomic E-state index is 0.459. The molecule has 0 aromatic rings. The van der Waals surface area contributed by atoms with E-state index in [0.717, 1.165) is 12.0 Å². The zero-order chi connectivity index (χ0) is 12.5. The molecule has 1 saturated heterocycles. The van der Waals surface area contributed by atoms with Crippen LogP contribution in [-0.2, 0) is 0 Å². The van der Waals surface area contributed by atoms with Crippen molar-refractivity contribution in [2.45, 2.75) is 65.0 Å². The molecular formula is C15H30N2. The number of hydrogen-bond acceptors (Lipinski definition) is 2. The maximum atomic E-state index is 3.61. The van der Waals surface area contributed by atoms with Crippen LogP contribution in [0.1, 0.15) is 52.9 Å². The molecule has 17 heavy (non-hydrogen) atoms. The molecule has 2 unspecified atom stereocenters. The van der Waals surface area contributed by atoms with Crippen LogP contribution in [0.5, 0.6) is 0 Å². The summed E-state index contributed by atoms with van der Waals surface area (Å²) in [7, 11) is 2.15. The second-order valence-corrected chi connectivity index (χ2v) is 6.93. The molecule has 1 aliphatic heterocycles. The van der Waals surface area contributed by atoms with Crippen molar-refractivity contribution in [1.29, 1.82) is 0 Å². The molecule has 0 bridgehead atoms. The third-order valence-corrected chi connectivity index (χ3v) is 5.15. The Balaban J connectivity index is 2.03. The van der Waals surface area contributed by atoms with Gasteiger partial charge in [0.15, 0.2) is 0 Å². The third-order valence-electron chi connectivity index (χ3n) is 5.15. The molecule has 0 amide bonds. The second-order valence-electron chi connectivity index (χ2n) is 6.93. The van der Waals surface area contributed by atoms with E-state index in [2.05, 4.69) is 38.0 Å². The average Bonchev–Trinajstić information content (AvgIpc) is 2.28. The Kier molecular flexibility index (Phi) is 4.14. The van der Waals surface area contributed by atoms with Crippen LogP contribution in [0.15, 0.2) is 0 Å². The lowest BCUT2D eigenvalue weighted by Crippen LogP contribution is -2.59. The van der Waals surface area contributed by atoms with Crippen LogP contribution in [0.3, 0.4) is 0 Å². The van der Waals surface area contributed by atoms with Gasteiger partial charge in [-0.25, -0.2) is 0 Å². The SMILES string of the molecule is CNC1C(N2CCC(C)CC2)CCCC1(C)C. The van der Waals surface area contributed by atoms with Crippen LogP contribution in [0.25, 0.3) is 0 Å². The fourth-order valence-electron chi connectivity index (χ4n) is 3.95. The lowest BCUT2D eigenvalue weighted by atomic mass is 9.70. The molecule has 1 N–H and O–H groups in total. The largest absolute Gasteiger partial charge is 0.315 e. The molecule has 2 nitrogen and oxygen atoms in total. The topological polar surface area (TPSA) is 15.3 Å². The molecule has 0 radical (unpaired) electrons. The molecule has 0 spiro atoms. The number of piperidine rings is 1. The van der Waals surface area contributed by atoms with Crippen molar-refractivity contribution < 1.29 is 0 Å². The summed E-state index contributed by atoms with van der Waals surface area (Å²) in [6.45, 7) is 9.91. The van der Waals surface area contributed by atoms with Crippen LogP contribution >= 0.6 is 0 Å². The highest BCUT2D eigenvalue weighted by Gasteiger charge is 2.40. The van der Waals surface area contributed by atoms with Crippen molar-refractivity contribution >= 4 is 0 Å². The first-order valence-corrected chi connectivity index (χ1v) is 7.46. The van der Waals surface area contributed by atoms with Gasteiger partial charge in [-0.1, -0.05) is 27.2 Å². The molecule has 2 atom stereocenters. The number of rotatable bonds is 2. The predicted molar refractivity (Wildman–Crippen MR) is 74.2 cm³/mol. The summed E-state index contributed by atoms with van der Waals surface area (Å²) in [4.78, 5) is 2.77. The highest BCUT2D eigenvalue weighted by atomic mass is 15.2. The van der Waals surface area contributed by atoms with Crippen LogP contribution < -0.4 is 5.32 Å². The van der Waals surface area contributed by atoms with Crippen LogP contribution in [0.2, 0.25) is 0 Å². The maximum absolute atomic E-state index is 3.61. The van der Waals surface area contributed by atoms with Gasteiger partial charge in [-0.15, -0.1) is 0 Å². The summed E-state index contributed by atoms with van der Waals surface area (Å²) in [6, 6.07) is 1.45. The molecule has 2 fully saturated rings. The normalized spacial score (nSPS) is 36.0. The van der Waals surface area contributed by atoms with Crippen molar-refractivity contribution in [3.8, 4) is 0 Å². The highest BCUT2D eigenvalue weighted by Crippen LogP contribution is 2.38. The molecule has 100 valence electrons. The van der Waals surface area contributed by atoms with E-state index < -0.39 is 0 Å². The van der Waals surface area contributed by atoms with Crippen LogP contribution in [0, 0.1) is 11.3 Å². The van der Waals surface area contributed by atoms with Crippen LogP contribution in [0.4, 0.5) is 0 Å². The molecule has 1 heterocycles. The first-order chi connectivity index (χ1) is 8.04. The van der Waals surface area contributed by atoms with Crippen LogP contribution in [-0.4, -0.2) is 37.1 Å². The van der Waals surface area contributed by atoms with Gasteiger partial charge in [0.2, 0.25) is 0 Å². The Labute approximate surface area is 107 Å². The minimum Gasteiger partial charge on any atom is -0.315 e. The smallest absolute Gasteiger partial charge is 0.0271 e. The molecule has 2 rings (SSSR count). The van der Waals surface area contributed by atoms with Gasteiger partial charge in [0.05, 0.1) is 0 Å². The van der Waals surface area contributed by atoms with Gasteiger partial charge in [0.25, 0.3) is 0 Å². The zero-order valence-corrected chi connectivity index (χ0v) is 12.1. The number of nitrogens with zero attached hydrogens (tertiary/aromatic N) is 1. The monoisotopic (exact) mass is 238 g/mol. The average molecular weight is 238 g/mol. The zero-order valence-electron chi connectivity index (χ0n) is 12.1. The second kappa shape index (κ2) is 5.27. The van der Waals surface area contributed by atoms with E-state index in [4.69, 9.17) is 0 Å². The van der Waals surface area contributed by atoms with Crippen molar-refractivity contribution in [2.24, 2.45) is 11.3 Å². The molecule has 0 aromatic heterocycles. The molecule has 2 heteroatoms. The molecular weight excluding hydrogens is 208 g/mol. The fraction of sp³-hybridized carbons (Fsp3) is 1.00. The van der Waals surface area contributed by atoms with Gasteiger partial charge in [0, 0.05) is 12.1 Å². The summed E-state index contributed by atoms with van der Waals surface area (Å²) in [6.07, 6.45) is 6.96. The van der Waals surface area contributed by atoms with E-state index in [1.807, 2.05) is 0 Å². The van der Waals surface area contributed by atoms with E-state index >= 15 is 0 Å². The van der Waals surface area contributed by atoms with E-state index in [-0.39, 0.29) is 0 Å². The Hall–Kier alpha value is -0.0800. The Morgan fingerprint density at radius 2 is 1.76 bits per heavy atom. The molecule has 0 aromatic carbocycles.